The average molecular weight is 335 g/mol. The molecule has 1 aliphatic carbocycles. The molecule has 0 aliphatic heterocycles. The van der Waals surface area contributed by atoms with Crippen molar-refractivity contribution in [3.63, 3.8) is 0 Å². The van der Waals surface area contributed by atoms with E-state index in [1.54, 1.807) is 0 Å². The van der Waals surface area contributed by atoms with Crippen LogP contribution in [0.25, 0.3) is 10.8 Å². The van der Waals surface area contributed by atoms with Crippen LogP contribution in [-0.4, -0.2) is 36.6 Å². The Labute approximate surface area is 139 Å². The molecule has 5 heteroatoms. The van der Waals surface area contributed by atoms with Crippen molar-refractivity contribution in [3.8, 4) is 11.5 Å². The van der Waals surface area contributed by atoms with Gasteiger partial charge in [-0.25, -0.2) is 0 Å². The molecule has 23 heavy (non-hydrogen) atoms. The molecule has 2 aromatic rings. The summed E-state index contributed by atoms with van der Waals surface area (Å²) in [7, 11) is 0. The first-order chi connectivity index (χ1) is 11.3. The monoisotopic (exact) mass is 334 g/mol. The van der Waals surface area contributed by atoms with Crippen molar-refractivity contribution in [2.75, 3.05) is 26.4 Å². The molecule has 3 rings (SSSR count). The van der Waals surface area contributed by atoms with Crippen LogP contribution in [0, 0.1) is 0 Å². The number of halogens is 1. The SMILES string of the molecule is OCCOc1c2c(c(OCCO)c3ccccc13)CC(Cl)=CC2. The second-order valence-corrected chi connectivity index (χ2v) is 5.82. The van der Waals surface area contributed by atoms with Gasteiger partial charge in [-0.15, -0.1) is 0 Å². The predicted octanol–water partition coefficient (Wildman–Crippen LogP) is 2.80. The van der Waals surface area contributed by atoms with E-state index in [9.17, 15) is 0 Å². The topological polar surface area (TPSA) is 58.9 Å². The van der Waals surface area contributed by atoms with E-state index in [4.69, 9.17) is 31.3 Å². The lowest BCUT2D eigenvalue weighted by atomic mass is 9.90. The summed E-state index contributed by atoms with van der Waals surface area (Å²) in [6, 6.07) is 7.84. The van der Waals surface area contributed by atoms with Gasteiger partial charge in [0.1, 0.15) is 24.7 Å². The van der Waals surface area contributed by atoms with Gasteiger partial charge in [0.25, 0.3) is 0 Å². The number of benzene rings is 2. The number of fused-ring (bicyclic) bond motifs is 2. The third-order valence-corrected chi connectivity index (χ3v) is 4.17. The van der Waals surface area contributed by atoms with Crippen molar-refractivity contribution in [2.24, 2.45) is 0 Å². The van der Waals surface area contributed by atoms with Crippen LogP contribution in [-0.2, 0) is 12.8 Å². The van der Waals surface area contributed by atoms with Gasteiger partial charge in [0, 0.05) is 33.4 Å². The van der Waals surface area contributed by atoms with Crippen LogP contribution in [0.5, 0.6) is 11.5 Å². The summed E-state index contributed by atoms with van der Waals surface area (Å²) < 4.78 is 11.7. The van der Waals surface area contributed by atoms with E-state index in [0.29, 0.717) is 12.8 Å². The molecule has 0 radical (unpaired) electrons. The van der Waals surface area contributed by atoms with Crippen molar-refractivity contribution < 1.29 is 19.7 Å². The largest absolute Gasteiger partial charge is 0.490 e. The number of hydrogen-bond donors (Lipinski definition) is 2. The van der Waals surface area contributed by atoms with Gasteiger partial charge in [-0.2, -0.15) is 0 Å². The maximum absolute atomic E-state index is 9.11. The molecule has 1 aliphatic rings. The summed E-state index contributed by atoms with van der Waals surface area (Å²) in [5, 5.41) is 20.9. The Hall–Kier alpha value is -1.75. The zero-order chi connectivity index (χ0) is 16.2. The van der Waals surface area contributed by atoms with E-state index in [-0.39, 0.29) is 26.4 Å². The van der Waals surface area contributed by atoms with Gasteiger partial charge in [-0.05, 0) is 6.42 Å². The fraction of sp³-hybridized carbons (Fsp3) is 0.333. The lowest BCUT2D eigenvalue weighted by Crippen LogP contribution is -2.12. The van der Waals surface area contributed by atoms with Crippen molar-refractivity contribution in [1.29, 1.82) is 0 Å². The highest BCUT2D eigenvalue weighted by atomic mass is 35.5. The van der Waals surface area contributed by atoms with E-state index in [0.717, 1.165) is 38.4 Å². The second-order valence-electron chi connectivity index (χ2n) is 5.34. The Balaban J connectivity index is 2.23. The molecule has 0 bridgehead atoms. The number of ether oxygens (including phenoxy) is 2. The number of aliphatic hydroxyl groups is 2. The minimum atomic E-state index is -0.0462. The summed E-state index contributed by atoms with van der Waals surface area (Å²) in [4.78, 5) is 0. The molecule has 122 valence electrons. The average Bonchev–Trinajstić information content (AvgIpc) is 2.58. The highest BCUT2D eigenvalue weighted by Crippen LogP contribution is 2.44. The maximum Gasteiger partial charge on any atom is 0.131 e. The summed E-state index contributed by atoms with van der Waals surface area (Å²) in [5.74, 6) is 1.54. The molecule has 0 heterocycles. The Bertz CT molecular complexity index is 739. The van der Waals surface area contributed by atoms with E-state index in [1.165, 1.54) is 0 Å². The quantitative estimate of drug-likeness (QED) is 0.853. The van der Waals surface area contributed by atoms with Gasteiger partial charge in [0.2, 0.25) is 0 Å². The molecule has 0 fully saturated rings. The van der Waals surface area contributed by atoms with Crippen molar-refractivity contribution in [3.05, 3.63) is 46.5 Å². The van der Waals surface area contributed by atoms with Crippen molar-refractivity contribution >= 4 is 22.4 Å². The molecule has 0 amide bonds. The normalized spacial score (nSPS) is 13.6. The first-order valence-corrected chi connectivity index (χ1v) is 8.02. The van der Waals surface area contributed by atoms with Crippen molar-refractivity contribution in [2.45, 2.75) is 12.8 Å². The lowest BCUT2D eigenvalue weighted by Gasteiger charge is -2.24. The number of allylic oxidation sites excluding steroid dienone is 2. The van der Waals surface area contributed by atoms with Crippen LogP contribution >= 0.6 is 11.6 Å². The molecule has 0 spiro atoms. The Morgan fingerprint density at radius 3 is 2.04 bits per heavy atom. The highest BCUT2D eigenvalue weighted by molar-refractivity contribution is 6.30. The van der Waals surface area contributed by atoms with Gasteiger partial charge in [-0.3, -0.25) is 0 Å². The number of aliphatic hydroxyl groups excluding tert-OH is 2. The molecule has 0 saturated heterocycles. The summed E-state index contributed by atoms with van der Waals surface area (Å²) >= 11 is 6.23. The minimum Gasteiger partial charge on any atom is -0.490 e. The molecular weight excluding hydrogens is 316 g/mol. The third-order valence-electron chi connectivity index (χ3n) is 3.88. The van der Waals surface area contributed by atoms with Crippen LogP contribution in [0.15, 0.2) is 35.4 Å². The Morgan fingerprint density at radius 2 is 1.48 bits per heavy atom. The highest BCUT2D eigenvalue weighted by Gasteiger charge is 2.23. The first-order valence-electron chi connectivity index (χ1n) is 7.64. The van der Waals surface area contributed by atoms with Crippen LogP contribution in [0.4, 0.5) is 0 Å². The van der Waals surface area contributed by atoms with Gasteiger partial charge in [0.05, 0.1) is 13.2 Å². The van der Waals surface area contributed by atoms with Crippen LogP contribution in [0.3, 0.4) is 0 Å². The molecule has 0 atom stereocenters. The fourth-order valence-electron chi connectivity index (χ4n) is 2.96. The second kappa shape index (κ2) is 7.21. The molecule has 0 unspecified atom stereocenters. The van der Waals surface area contributed by atoms with Gasteiger partial charge in [0.15, 0.2) is 0 Å². The number of hydrogen-bond acceptors (Lipinski definition) is 4. The minimum absolute atomic E-state index is 0.0392. The van der Waals surface area contributed by atoms with Gasteiger partial charge in [-0.1, -0.05) is 41.9 Å². The predicted molar refractivity (Wildman–Crippen MR) is 90.5 cm³/mol. The Kier molecular flexibility index (Phi) is 5.06. The number of rotatable bonds is 6. The molecule has 2 aromatic carbocycles. The van der Waals surface area contributed by atoms with Gasteiger partial charge >= 0.3 is 0 Å². The molecular formula is C18H19ClO4. The molecule has 4 nitrogen and oxygen atoms in total. The summed E-state index contributed by atoms with van der Waals surface area (Å²) in [6.45, 7) is 0.386. The van der Waals surface area contributed by atoms with E-state index in [2.05, 4.69) is 0 Å². The zero-order valence-electron chi connectivity index (χ0n) is 12.7. The van der Waals surface area contributed by atoms with Gasteiger partial charge < -0.3 is 19.7 Å². The molecule has 2 N–H and O–H groups in total. The van der Waals surface area contributed by atoms with Crippen LogP contribution in [0.1, 0.15) is 11.1 Å². The third kappa shape index (κ3) is 3.15. The first kappa shape index (κ1) is 16.1. The standard InChI is InChI=1S/C18H19ClO4/c19-12-5-6-15-16(11-12)18(23-10-8-21)14-4-2-1-3-13(14)17(15)22-9-7-20/h1-5,20-21H,6-11H2. The lowest BCUT2D eigenvalue weighted by molar-refractivity contribution is 0.198. The fourth-order valence-corrected chi connectivity index (χ4v) is 3.17. The van der Waals surface area contributed by atoms with E-state index >= 15 is 0 Å². The maximum atomic E-state index is 9.11. The smallest absolute Gasteiger partial charge is 0.131 e. The van der Waals surface area contributed by atoms with Crippen molar-refractivity contribution in [1.82, 2.24) is 0 Å². The Morgan fingerprint density at radius 1 is 0.913 bits per heavy atom. The summed E-state index contributed by atoms with van der Waals surface area (Å²) in [6.07, 6.45) is 3.22. The van der Waals surface area contributed by atoms with Crippen LogP contribution < -0.4 is 9.47 Å². The van der Waals surface area contributed by atoms with Crippen LogP contribution in [0.2, 0.25) is 0 Å². The van der Waals surface area contributed by atoms with E-state index in [1.807, 2.05) is 30.3 Å². The molecule has 0 saturated carbocycles. The molecule has 0 aromatic heterocycles. The summed E-state index contributed by atoms with van der Waals surface area (Å²) in [5.41, 5.74) is 2.03. The van der Waals surface area contributed by atoms with E-state index < -0.39 is 0 Å². The zero-order valence-corrected chi connectivity index (χ0v) is 13.5.